The van der Waals surface area contributed by atoms with Gasteiger partial charge in [0.05, 0.1) is 33.4 Å². The van der Waals surface area contributed by atoms with Gasteiger partial charge in [-0.2, -0.15) is 0 Å². The van der Waals surface area contributed by atoms with Crippen LogP contribution in [0.1, 0.15) is 0 Å². The van der Waals surface area contributed by atoms with Crippen molar-refractivity contribution >= 4 is 0 Å². The first kappa shape index (κ1) is 23.6. The first-order chi connectivity index (χ1) is 16.8. The third kappa shape index (κ3) is 3.49. The Morgan fingerprint density at radius 3 is 0.583 bits per heavy atom. The molecule has 0 aromatic heterocycles. The molecule has 0 saturated heterocycles. The molecule has 0 fully saturated rings. The van der Waals surface area contributed by atoms with Gasteiger partial charge in [0.1, 0.15) is 69.0 Å². The summed E-state index contributed by atoms with van der Waals surface area (Å²) in [6, 6.07) is 4.45. The maximum absolute atomic E-state index is 11.1. The molecule has 0 radical (unpaired) electrons. The fourth-order valence-corrected chi connectivity index (χ4v) is 3.98. The fourth-order valence-electron chi connectivity index (χ4n) is 3.98. The first-order valence-electron chi connectivity index (χ1n) is 9.90. The van der Waals surface area contributed by atoms with Crippen LogP contribution in [0.25, 0.3) is 33.4 Å². The van der Waals surface area contributed by atoms with Crippen LogP contribution in [0, 0.1) is 0 Å². The topological polar surface area (TPSA) is 243 Å². The van der Waals surface area contributed by atoms with E-state index >= 15 is 0 Å². The third-order valence-electron chi connectivity index (χ3n) is 5.42. The Kier molecular flexibility index (Phi) is 5.29. The molecule has 0 unspecified atom stereocenters. The highest BCUT2D eigenvalue weighted by molar-refractivity contribution is 6.04. The summed E-state index contributed by atoms with van der Waals surface area (Å²) in [4.78, 5) is 0. The molecule has 0 aliphatic heterocycles. The molecule has 0 bridgehead atoms. The van der Waals surface area contributed by atoms with E-state index in [1.807, 2.05) is 0 Å². The molecular formula is C24H18O12. The number of benzene rings is 4. The second kappa shape index (κ2) is 8.06. The predicted octanol–water partition coefficient (Wildman–Crippen LogP) is 3.15. The molecule has 36 heavy (non-hydrogen) atoms. The quantitative estimate of drug-likeness (QED) is 0.195. The number of phenolic OH excluding ortho intramolecular Hbond substituents is 12. The largest absolute Gasteiger partial charge is 0.508 e. The second-order valence-corrected chi connectivity index (χ2v) is 7.75. The molecule has 186 valence electrons. The zero-order valence-electron chi connectivity index (χ0n) is 17.8. The molecule has 0 aliphatic rings. The lowest BCUT2D eigenvalue weighted by atomic mass is 9.87. The van der Waals surface area contributed by atoms with Crippen LogP contribution in [-0.2, 0) is 0 Å². The van der Waals surface area contributed by atoms with Crippen LogP contribution in [0.2, 0.25) is 0 Å². The van der Waals surface area contributed by atoms with Crippen LogP contribution in [0.5, 0.6) is 69.0 Å². The van der Waals surface area contributed by atoms with E-state index in [-0.39, 0.29) is 0 Å². The third-order valence-corrected chi connectivity index (χ3v) is 5.42. The van der Waals surface area contributed by atoms with E-state index in [9.17, 15) is 61.3 Å². The Hall–Kier alpha value is -5.52. The van der Waals surface area contributed by atoms with Crippen molar-refractivity contribution in [1.82, 2.24) is 0 Å². The molecule has 0 amide bonds. The molecule has 0 saturated carbocycles. The van der Waals surface area contributed by atoms with Crippen molar-refractivity contribution in [1.29, 1.82) is 0 Å². The minimum Gasteiger partial charge on any atom is -0.508 e. The molecule has 12 nitrogen and oxygen atoms in total. The molecule has 4 aromatic rings. The van der Waals surface area contributed by atoms with Crippen molar-refractivity contribution in [2.45, 2.75) is 0 Å². The van der Waals surface area contributed by atoms with E-state index in [0.717, 1.165) is 36.4 Å². The van der Waals surface area contributed by atoms with Crippen LogP contribution in [0.4, 0.5) is 0 Å². The number of aromatic hydroxyl groups is 12. The normalized spacial score (nSPS) is 11.0. The van der Waals surface area contributed by atoms with Crippen LogP contribution >= 0.6 is 0 Å². The zero-order chi connectivity index (χ0) is 26.6. The van der Waals surface area contributed by atoms with Crippen LogP contribution < -0.4 is 0 Å². The predicted molar refractivity (Wildman–Crippen MR) is 123 cm³/mol. The molecule has 4 rings (SSSR count). The van der Waals surface area contributed by atoms with E-state index in [1.54, 1.807) is 0 Å². The van der Waals surface area contributed by atoms with E-state index in [1.165, 1.54) is 0 Å². The van der Waals surface area contributed by atoms with Gasteiger partial charge in [0.2, 0.25) is 0 Å². The Balaban J connectivity index is 2.28. The zero-order valence-corrected chi connectivity index (χ0v) is 17.8. The van der Waals surface area contributed by atoms with Crippen molar-refractivity contribution in [2.75, 3.05) is 0 Å². The maximum atomic E-state index is 11.1. The lowest BCUT2D eigenvalue weighted by molar-refractivity contribution is 0.414. The molecule has 0 spiro atoms. The molecule has 0 aliphatic carbocycles. The van der Waals surface area contributed by atoms with E-state index in [4.69, 9.17) is 0 Å². The minimum atomic E-state index is -1.13. The van der Waals surface area contributed by atoms with Gasteiger partial charge in [0.25, 0.3) is 0 Å². The first-order valence-corrected chi connectivity index (χ1v) is 9.90. The smallest absolute Gasteiger partial charge is 0.139 e. The highest BCUT2D eigenvalue weighted by Crippen LogP contribution is 2.62. The molecule has 12 N–H and O–H groups in total. The highest BCUT2D eigenvalue weighted by Gasteiger charge is 2.33. The summed E-state index contributed by atoms with van der Waals surface area (Å²) in [5, 5.41) is 125. The van der Waals surface area contributed by atoms with Crippen molar-refractivity contribution in [3.8, 4) is 102 Å². The summed E-state index contributed by atoms with van der Waals surface area (Å²) in [6.45, 7) is 0. The van der Waals surface area contributed by atoms with Gasteiger partial charge < -0.3 is 61.3 Å². The second-order valence-electron chi connectivity index (χ2n) is 7.75. The van der Waals surface area contributed by atoms with E-state index in [0.29, 0.717) is 0 Å². The molecular weight excluding hydrogens is 480 g/mol. The Labute approximate surface area is 200 Å². The summed E-state index contributed by atoms with van der Waals surface area (Å²) in [5.41, 5.74) is -4.56. The maximum Gasteiger partial charge on any atom is 0.139 e. The monoisotopic (exact) mass is 498 g/mol. The number of hydrogen-bond donors (Lipinski definition) is 12. The number of phenols is 12. The van der Waals surface area contributed by atoms with Crippen molar-refractivity contribution in [3.63, 3.8) is 0 Å². The minimum absolute atomic E-state index is 0.602. The van der Waals surface area contributed by atoms with Crippen molar-refractivity contribution < 1.29 is 61.3 Å². The van der Waals surface area contributed by atoms with Gasteiger partial charge in [-0.25, -0.2) is 0 Å². The molecule has 0 heterocycles. The van der Waals surface area contributed by atoms with Crippen LogP contribution in [0.3, 0.4) is 0 Å². The van der Waals surface area contributed by atoms with Crippen LogP contribution in [0.15, 0.2) is 36.4 Å². The lowest BCUT2D eigenvalue weighted by Gasteiger charge is -2.22. The highest BCUT2D eigenvalue weighted by atomic mass is 16.3. The molecule has 4 aromatic carbocycles. The van der Waals surface area contributed by atoms with Gasteiger partial charge in [-0.3, -0.25) is 0 Å². The average Bonchev–Trinajstić information content (AvgIpc) is 2.73. The molecule has 0 atom stereocenters. The SMILES string of the molecule is Oc1cc(O)c(-c2c(O)c(-c3c(O)cc(O)cc3O)c(O)c(-c3c(O)cc(O)cc3O)c2O)c(O)c1. The van der Waals surface area contributed by atoms with E-state index < -0.39 is 102 Å². The summed E-state index contributed by atoms with van der Waals surface area (Å²) in [7, 11) is 0. The number of hydrogen-bond acceptors (Lipinski definition) is 12. The van der Waals surface area contributed by atoms with Gasteiger partial charge in [-0.15, -0.1) is 0 Å². The van der Waals surface area contributed by atoms with Gasteiger partial charge in [0, 0.05) is 36.4 Å². The van der Waals surface area contributed by atoms with Gasteiger partial charge in [-0.05, 0) is 0 Å². The van der Waals surface area contributed by atoms with Crippen molar-refractivity contribution in [2.24, 2.45) is 0 Å². The fraction of sp³-hybridized carbons (Fsp3) is 0. The van der Waals surface area contributed by atoms with Crippen molar-refractivity contribution in [3.05, 3.63) is 36.4 Å². The Morgan fingerprint density at radius 1 is 0.250 bits per heavy atom. The standard InChI is InChI=1S/C24H18O12/c25-7-1-10(28)16(11(29)2-7)19-22(34)20(17-12(30)3-8(26)4-13(17)31)24(36)21(23(19)35)18-14(32)5-9(27)6-15(18)33/h1-6,25-36H. The summed E-state index contributed by atoms with van der Waals surface area (Å²) in [5.74, 6) is -10.4. The Morgan fingerprint density at radius 2 is 0.417 bits per heavy atom. The summed E-state index contributed by atoms with van der Waals surface area (Å²) >= 11 is 0. The summed E-state index contributed by atoms with van der Waals surface area (Å²) in [6.07, 6.45) is 0. The average molecular weight is 498 g/mol. The van der Waals surface area contributed by atoms with Gasteiger partial charge in [-0.1, -0.05) is 0 Å². The van der Waals surface area contributed by atoms with Crippen LogP contribution in [-0.4, -0.2) is 61.3 Å². The van der Waals surface area contributed by atoms with E-state index in [2.05, 4.69) is 0 Å². The Bertz CT molecular complexity index is 1280. The lowest BCUT2D eigenvalue weighted by Crippen LogP contribution is -1.94. The molecule has 12 heteroatoms. The number of rotatable bonds is 3. The van der Waals surface area contributed by atoms with Gasteiger partial charge in [0.15, 0.2) is 0 Å². The summed E-state index contributed by atoms with van der Waals surface area (Å²) < 4.78 is 0. The van der Waals surface area contributed by atoms with Gasteiger partial charge >= 0.3 is 0 Å².